The predicted molar refractivity (Wildman–Crippen MR) is 141 cm³/mol. The van der Waals surface area contributed by atoms with Gasteiger partial charge in [-0.1, -0.05) is 86.5 Å². The van der Waals surface area contributed by atoms with Crippen molar-refractivity contribution in [2.45, 2.75) is 45.3 Å². The molecular formula is C30H34N4O. The van der Waals surface area contributed by atoms with E-state index >= 15 is 0 Å². The normalized spacial score (nSPS) is 16.6. The van der Waals surface area contributed by atoms with E-state index in [0.717, 1.165) is 61.9 Å². The van der Waals surface area contributed by atoms with Gasteiger partial charge in [0.05, 0.1) is 12.0 Å². The molecule has 0 radical (unpaired) electrons. The van der Waals surface area contributed by atoms with Crippen molar-refractivity contribution < 1.29 is 4.79 Å². The van der Waals surface area contributed by atoms with Gasteiger partial charge >= 0.3 is 0 Å². The Morgan fingerprint density at radius 3 is 2.60 bits per heavy atom. The Hall–Kier alpha value is -3.44. The summed E-state index contributed by atoms with van der Waals surface area (Å²) in [6.45, 7) is 6.32. The first kappa shape index (κ1) is 23.3. The van der Waals surface area contributed by atoms with Crippen LogP contribution in [0.5, 0.6) is 0 Å². The SMILES string of the molecule is CCCCC1CN(C(=O)c2cccc3ccccc23)CCN1Cc1cncn1Cc1ccccc1. The van der Waals surface area contributed by atoms with Gasteiger partial charge in [-0.25, -0.2) is 4.98 Å². The van der Waals surface area contributed by atoms with Crippen LogP contribution >= 0.6 is 0 Å². The first-order chi connectivity index (χ1) is 17.2. The van der Waals surface area contributed by atoms with Crippen molar-refractivity contribution in [2.24, 2.45) is 0 Å². The molecule has 1 aliphatic rings. The monoisotopic (exact) mass is 466 g/mol. The van der Waals surface area contributed by atoms with Gasteiger partial charge in [-0.15, -0.1) is 0 Å². The minimum Gasteiger partial charge on any atom is -0.336 e. The van der Waals surface area contributed by atoms with Crippen LogP contribution in [0.1, 0.15) is 47.8 Å². The number of hydrogen-bond acceptors (Lipinski definition) is 3. The molecule has 0 aliphatic carbocycles. The molecule has 0 N–H and O–H groups in total. The minimum absolute atomic E-state index is 0.150. The zero-order chi connectivity index (χ0) is 24.0. The van der Waals surface area contributed by atoms with Gasteiger partial charge in [-0.3, -0.25) is 9.69 Å². The summed E-state index contributed by atoms with van der Waals surface area (Å²) in [5, 5.41) is 2.16. The van der Waals surface area contributed by atoms with Crippen LogP contribution in [-0.2, 0) is 13.1 Å². The average molecular weight is 467 g/mol. The van der Waals surface area contributed by atoms with Crippen LogP contribution in [0.3, 0.4) is 0 Å². The maximum absolute atomic E-state index is 13.6. The van der Waals surface area contributed by atoms with E-state index in [1.807, 2.05) is 36.8 Å². The standard InChI is InChI=1S/C30H34N4O/c1-2-3-14-26-21-33(30(35)29-16-9-13-25-12-7-8-15-28(25)29)18-17-32(26)22-27-19-31-23-34(27)20-24-10-5-4-6-11-24/h4-13,15-16,19,23,26H,2-3,14,17-18,20-22H2,1H3. The molecule has 4 aromatic rings. The summed E-state index contributed by atoms with van der Waals surface area (Å²) in [5.41, 5.74) is 3.32. The molecule has 1 amide bonds. The summed E-state index contributed by atoms with van der Waals surface area (Å²) in [7, 11) is 0. The van der Waals surface area contributed by atoms with Crippen molar-refractivity contribution in [3.63, 3.8) is 0 Å². The lowest BCUT2D eigenvalue weighted by molar-refractivity contribution is 0.0429. The summed E-state index contributed by atoms with van der Waals surface area (Å²) in [4.78, 5) is 22.7. The molecule has 5 nitrogen and oxygen atoms in total. The number of benzene rings is 3. The minimum atomic E-state index is 0.150. The summed E-state index contributed by atoms with van der Waals surface area (Å²) in [5.74, 6) is 0.150. The Kier molecular flexibility index (Phi) is 7.24. The van der Waals surface area contributed by atoms with Gasteiger partial charge in [0.1, 0.15) is 0 Å². The number of fused-ring (bicyclic) bond motifs is 1. The maximum atomic E-state index is 13.6. The third kappa shape index (κ3) is 5.30. The van der Waals surface area contributed by atoms with Crippen LogP contribution in [0.4, 0.5) is 0 Å². The second kappa shape index (κ2) is 10.9. The van der Waals surface area contributed by atoms with Gasteiger partial charge < -0.3 is 9.47 Å². The van der Waals surface area contributed by atoms with Gasteiger partial charge in [0.25, 0.3) is 5.91 Å². The lowest BCUT2D eigenvalue weighted by Crippen LogP contribution is -2.54. The molecule has 0 spiro atoms. The van der Waals surface area contributed by atoms with Crippen molar-refractivity contribution in [1.82, 2.24) is 19.4 Å². The summed E-state index contributed by atoms with van der Waals surface area (Å²) >= 11 is 0. The Morgan fingerprint density at radius 1 is 0.943 bits per heavy atom. The largest absolute Gasteiger partial charge is 0.336 e. The van der Waals surface area contributed by atoms with Crippen LogP contribution < -0.4 is 0 Å². The fraction of sp³-hybridized carbons (Fsp3) is 0.333. The molecule has 35 heavy (non-hydrogen) atoms. The predicted octanol–water partition coefficient (Wildman–Crippen LogP) is 5.60. The number of rotatable bonds is 8. The third-order valence-electron chi connectivity index (χ3n) is 7.16. The van der Waals surface area contributed by atoms with Gasteiger partial charge in [-0.2, -0.15) is 0 Å². The molecule has 1 atom stereocenters. The van der Waals surface area contributed by atoms with Crippen LogP contribution in [0.2, 0.25) is 0 Å². The van der Waals surface area contributed by atoms with Crippen LogP contribution in [-0.4, -0.2) is 50.9 Å². The number of amides is 1. The molecule has 5 heteroatoms. The van der Waals surface area contributed by atoms with Crippen molar-refractivity contribution in [1.29, 1.82) is 0 Å². The highest BCUT2D eigenvalue weighted by Crippen LogP contribution is 2.24. The topological polar surface area (TPSA) is 41.4 Å². The molecule has 180 valence electrons. The van der Waals surface area contributed by atoms with E-state index < -0.39 is 0 Å². The zero-order valence-electron chi connectivity index (χ0n) is 20.5. The first-order valence-corrected chi connectivity index (χ1v) is 12.8. The fourth-order valence-corrected chi connectivity index (χ4v) is 5.19. The smallest absolute Gasteiger partial charge is 0.254 e. The molecule has 1 saturated heterocycles. The second-order valence-electron chi connectivity index (χ2n) is 9.54. The summed E-state index contributed by atoms with van der Waals surface area (Å²) < 4.78 is 2.25. The highest BCUT2D eigenvalue weighted by molar-refractivity contribution is 6.07. The molecule has 1 unspecified atom stereocenters. The number of carbonyl (C=O) groups is 1. The van der Waals surface area contributed by atoms with Gasteiger partial charge in [-0.05, 0) is 28.8 Å². The number of carbonyl (C=O) groups excluding carboxylic acids is 1. The molecule has 1 fully saturated rings. The number of imidazole rings is 1. The quantitative estimate of drug-likeness (QED) is 0.339. The van der Waals surface area contributed by atoms with E-state index in [2.05, 4.69) is 74.8 Å². The van der Waals surface area contributed by atoms with Crippen LogP contribution in [0, 0.1) is 0 Å². The van der Waals surface area contributed by atoms with Crippen LogP contribution in [0.25, 0.3) is 10.8 Å². The lowest BCUT2D eigenvalue weighted by atomic mass is 10.0. The van der Waals surface area contributed by atoms with E-state index in [9.17, 15) is 4.79 Å². The molecule has 2 heterocycles. The van der Waals surface area contributed by atoms with E-state index in [0.29, 0.717) is 6.04 Å². The number of hydrogen-bond donors (Lipinski definition) is 0. The summed E-state index contributed by atoms with van der Waals surface area (Å²) in [6.07, 6.45) is 7.36. The van der Waals surface area contributed by atoms with Crippen molar-refractivity contribution >= 4 is 16.7 Å². The maximum Gasteiger partial charge on any atom is 0.254 e. The molecule has 0 saturated carbocycles. The fourth-order valence-electron chi connectivity index (χ4n) is 5.19. The van der Waals surface area contributed by atoms with Gasteiger partial charge in [0.2, 0.25) is 0 Å². The molecule has 0 bridgehead atoms. The number of aromatic nitrogens is 2. The number of nitrogens with zero attached hydrogens (tertiary/aromatic N) is 4. The molecule has 1 aromatic heterocycles. The Labute approximate surface area is 208 Å². The molecular weight excluding hydrogens is 432 g/mol. The number of piperazine rings is 1. The molecule has 1 aliphatic heterocycles. The van der Waals surface area contributed by atoms with E-state index in [1.54, 1.807) is 0 Å². The van der Waals surface area contributed by atoms with Crippen molar-refractivity contribution in [2.75, 3.05) is 19.6 Å². The van der Waals surface area contributed by atoms with Gasteiger partial charge in [0.15, 0.2) is 0 Å². The number of unbranched alkanes of at least 4 members (excludes halogenated alkanes) is 1. The highest BCUT2D eigenvalue weighted by atomic mass is 16.2. The van der Waals surface area contributed by atoms with Crippen molar-refractivity contribution in [3.8, 4) is 0 Å². The molecule has 3 aromatic carbocycles. The third-order valence-corrected chi connectivity index (χ3v) is 7.16. The highest BCUT2D eigenvalue weighted by Gasteiger charge is 2.30. The first-order valence-electron chi connectivity index (χ1n) is 12.8. The Morgan fingerprint density at radius 2 is 1.74 bits per heavy atom. The van der Waals surface area contributed by atoms with Crippen molar-refractivity contribution in [3.05, 3.63) is 102 Å². The second-order valence-corrected chi connectivity index (χ2v) is 9.54. The molecule has 5 rings (SSSR count). The summed E-state index contributed by atoms with van der Waals surface area (Å²) in [6, 6.07) is 25.1. The van der Waals surface area contributed by atoms with Gasteiger partial charge in [0, 0.05) is 50.5 Å². The Bertz CT molecular complexity index is 1260. The van der Waals surface area contributed by atoms with E-state index in [-0.39, 0.29) is 5.91 Å². The lowest BCUT2D eigenvalue weighted by Gasteiger charge is -2.41. The van der Waals surface area contributed by atoms with Crippen LogP contribution in [0.15, 0.2) is 85.3 Å². The zero-order valence-corrected chi connectivity index (χ0v) is 20.5. The van der Waals surface area contributed by atoms with E-state index in [4.69, 9.17) is 0 Å². The Balaban J connectivity index is 1.32. The van der Waals surface area contributed by atoms with E-state index in [1.165, 1.54) is 17.7 Å². The average Bonchev–Trinajstić information content (AvgIpc) is 3.34.